The molecule has 1 saturated heterocycles. The minimum absolute atomic E-state index is 0.359. The SMILES string of the molecule is Cc1ccc(NC(=O)Nc2cnc(N3CCCC3)nc2)cc1Cl. The van der Waals surface area contributed by atoms with Crippen molar-refractivity contribution in [2.45, 2.75) is 19.8 Å². The maximum atomic E-state index is 12.0. The second-order valence-electron chi connectivity index (χ2n) is 5.51. The average Bonchev–Trinajstić information content (AvgIpc) is 3.06. The predicted octanol–water partition coefficient (Wildman–Crippen LogP) is 3.68. The number of benzene rings is 1. The fourth-order valence-corrected chi connectivity index (χ4v) is 2.61. The molecule has 0 unspecified atom stereocenters. The molecule has 1 aromatic carbocycles. The van der Waals surface area contributed by atoms with Gasteiger partial charge in [0.05, 0.1) is 18.1 Å². The lowest BCUT2D eigenvalue weighted by Gasteiger charge is -2.15. The van der Waals surface area contributed by atoms with E-state index in [-0.39, 0.29) is 6.03 Å². The highest BCUT2D eigenvalue weighted by Crippen LogP contribution is 2.20. The van der Waals surface area contributed by atoms with Gasteiger partial charge in [-0.2, -0.15) is 0 Å². The number of rotatable bonds is 3. The van der Waals surface area contributed by atoms with Crippen molar-refractivity contribution in [3.05, 3.63) is 41.2 Å². The molecule has 0 spiro atoms. The summed E-state index contributed by atoms with van der Waals surface area (Å²) < 4.78 is 0. The maximum absolute atomic E-state index is 12.0. The highest BCUT2D eigenvalue weighted by atomic mass is 35.5. The first-order valence-electron chi connectivity index (χ1n) is 7.53. The van der Waals surface area contributed by atoms with E-state index in [1.54, 1.807) is 24.5 Å². The van der Waals surface area contributed by atoms with Gasteiger partial charge in [0.1, 0.15) is 0 Å². The minimum Gasteiger partial charge on any atom is -0.341 e. The standard InChI is InChI=1S/C16H18ClN5O/c1-11-4-5-12(8-14(11)17)20-16(23)21-13-9-18-15(19-10-13)22-6-2-3-7-22/h4-5,8-10H,2-3,6-7H2,1H3,(H2,20,21,23). The zero-order chi connectivity index (χ0) is 16.2. The largest absolute Gasteiger partial charge is 0.341 e. The highest BCUT2D eigenvalue weighted by Gasteiger charge is 2.14. The molecule has 1 fully saturated rings. The molecular formula is C16H18ClN5O. The fraction of sp³-hybridized carbons (Fsp3) is 0.312. The number of carbonyl (C=O) groups excluding carboxylic acids is 1. The van der Waals surface area contributed by atoms with Crippen LogP contribution in [0.25, 0.3) is 0 Å². The van der Waals surface area contributed by atoms with Crippen molar-refractivity contribution in [2.24, 2.45) is 0 Å². The van der Waals surface area contributed by atoms with E-state index in [1.807, 2.05) is 13.0 Å². The number of halogens is 1. The third-order valence-corrected chi connectivity index (χ3v) is 4.12. The first-order chi connectivity index (χ1) is 11.1. The van der Waals surface area contributed by atoms with Gasteiger partial charge in [0.2, 0.25) is 5.95 Å². The topological polar surface area (TPSA) is 70.2 Å². The molecule has 0 bridgehead atoms. The smallest absolute Gasteiger partial charge is 0.323 e. The van der Waals surface area contributed by atoms with E-state index in [0.29, 0.717) is 22.3 Å². The number of aromatic nitrogens is 2. The van der Waals surface area contributed by atoms with Crippen LogP contribution in [0.2, 0.25) is 5.02 Å². The van der Waals surface area contributed by atoms with Crippen LogP contribution in [0.5, 0.6) is 0 Å². The molecule has 1 aliphatic heterocycles. The van der Waals surface area contributed by atoms with Crippen LogP contribution in [0.4, 0.5) is 22.1 Å². The van der Waals surface area contributed by atoms with Crippen LogP contribution in [0, 0.1) is 6.92 Å². The molecule has 23 heavy (non-hydrogen) atoms. The number of anilines is 3. The minimum atomic E-state index is -0.359. The van der Waals surface area contributed by atoms with Crippen LogP contribution in [0.1, 0.15) is 18.4 Å². The van der Waals surface area contributed by atoms with Crippen LogP contribution < -0.4 is 15.5 Å². The van der Waals surface area contributed by atoms with E-state index in [2.05, 4.69) is 25.5 Å². The number of carbonyl (C=O) groups is 1. The van der Waals surface area contributed by atoms with Gasteiger partial charge in [0.25, 0.3) is 0 Å². The summed E-state index contributed by atoms with van der Waals surface area (Å²) in [5.41, 5.74) is 2.14. The number of urea groups is 1. The molecular weight excluding hydrogens is 314 g/mol. The fourth-order valence-electron chi connectivity index (χ4n) is 2.43. The Kier molecular flexibility index (Phi) is 4.62. The average molecular weight is 332 g/mol. The van der Waals surface area contributed by atoms with Gasteiger partial charge in [0.15, 0.2) is 0 Å². The number of nitrogens with zero attached hydrogens (tertiary/aromatic N) is 3. The van der Waals surface area contributed by atoms with Crippen molar-refractivity contribution >= 4 is 35.0 Å². The van der Waals surface area contributed by atoms with Crippen molar-refractivity contribution in [3.63, 3.8) is 0 Å². The Morgan fingerprint density at radius 3 is 2.43 bits per heavy atom. The van der Waals surface area contributed by atoms with E-state index in [4.69, 9.17) is 11.6 Å². The lowest BCUT2D eigenvalue weighted by molar-refractivity contribution is 0.262. The summed E-state index contributed by atoms with van der Waals surface area (Å²) in [6.07, 6.45) is 5.57. The van der Waals surface area contributed by atoms with Gasteiger partial charge in [-0.25, -0.2) is 14.8 Å². The Morgan fingerprint density at radius 2 is 1.78 bits per heavy atom. The molecule has 0 saturated carbocycles. The molecule has 1 aliphatic rings. The van der Waals surface area contributed by atoms with Gasteiger partial charge in [-0.15, -0.1) is 0 Å². The Morgan fingerprint density at radius 1 is 1.13 bits per heavy atom. The summed E-state index contributed by atoms with van der Waals surface area (Å²) in [6.45, 7) is 3.88. The Labute approximate surface area is 139 Å². The number of nitrogens with one attached hydrogen (secondary N) is 2. The summed E-state index contributed by atoms with van der Waals surface area (Å²) in [5.74, 6) is 0.707. The van der Waals surface area contributed by atoms with E-state index in [0.717, 1.165) is 18.7 Å². The normalized spacial score (nSPS) is 13.9. The number of aryl methyl sites for hydroxylation is 1. The van der Waals surface area contributed by atoms with E-state index in [9.17, 15) is 4.79 Å². The highest BCUT2D eigenvalue weighted by molar-refractivity contribution is 6.31. The third kappa shape index (κ3) is 3.90. The van der Waals surface area contributed by atoms with Crippen molar-refractivity contribution in [2.75, 3.05) is 28.6 Å². The van der Waals surface area contributed by atoms with Crippen molar-refractivity contribution < 1.29 is 4.79 Å². The molecule has 2 aromatic rings. The van der Waals surface area contributed by atoms with Crippen LogP contribution >= 0.6 is 11.6 Å². The summed E-state index contributed by atoms with van der Waals surface area (Å²) in [7, 11) is 0. The monoisotopic (exact) mass is 331 g/mol. The Bertz CT molecular complexity index is 698. The van der Waals surface area contributed by atoms with Gasteiger partial charge in [-0.05, 0) is 37.5 Å². The van der Waals surface area contributed by atoms with Gasteiger partial charge >= 0.3 is 6.03 Å². The second-order valence-corrected chi connectivity index (χ2v) is 5.92. The summed E-state index contributed by atoms with van der Waals surface area (Å²) in [4.78, 5) is 22.7. The summed E-state index contributed by atoms with van der Waals surface area (Å²) in [5, 5.41) is 6.05. The Hall–Kier alpha value is -2.34. The van der Waals surface area contributed by atoms with E-state index < -0.39 is 0 Å². The molecule has 0 radical (unpaired) electrons. The molecule has 1 aromatic heterocycles. The zero-order valence-corrected chi connectivity index (χ0v) is 13.6. The Balaban J connectivity index is 1.59. The maximum Gasteiger partial charge on any atom is 0.323 e. The number of hydrogen-bond acceptors (Lipinski definition) is 4. The lowest BCUT2D eigenvalue weighted by Crippen LogP contribution is -2.22. The van der Waals surface area contributed by atoms with Crippen molar-refractivity contribution in [1.29, 1.82) is 0 Å². The van der Waals surface area contributed by atoms with Gasteiger partial charge in [0, 0.05) is 23.8 Å². The van der Waals surface area contributed by atoms with E-state index >= 15 is 0 Å². The van der Waals surface area contributed by atoms with Crippen molar-refractivity contribution in [3.8, 4) is 0 Å². The number of hydrogen-bond donors (Lipinski definition) is 2. The van der Waals surface area contributed by atoms with Crippen molar-refractivity contribution in [1.82, 2.24) is 9.97 Å². The van der Waals surface area contributed by atoms with Crippen LogP contribution in [0.3, 0.4) is 0 Å². The lowest BCUT2D eigenvalue weighted by atomic mass is 10.2. The van der Waals surface area contributed by atoms with Gasteiger partial charge in [-0.1, -0.05) is 17.7 Å². The molecule has 3 rings (SSSR count). The molecule has 120 valence electrons. The summed E-state index contributed by atoms with van der Waals surface area (Å²) >= 11 is 6.04. The van der Waals surface area contributed by atoms with Crippen LogP contribution in [-0.2, 0) is 0 Å². The third-order valence-electron chi connectivity index (χ3n) is 3.71. The first-order valence-corrected chi connectivity index (χ1v) is 7.91. The van der Waals surface area contributed by atoms with Gasteiger partial charge < -0.3 is 15.5 Å². The number of amides is 2. The molecule has 2 amide bonds. The molecule has 0 aliphatic carbocycles. The molecule has 2 heterocycles. The second kappa shape index (κ2) is 6.83. The van der Waals surface area contributed by atoms with Crippen LogP contribution in [0.15, 0.2) is 30.6 Å². The molecule has 2 N–H and O–H groups in total. The van der Waals surface area contributed by atoms with E-state index in [1.165, 1.54) is 12.8 Å². The zero-order valence-electron chi connectivity index (χ0n) is 12.8. The molecule has 0 atom stereocenters. The predicted molar refractivity (Wildman–Crippen MR) is 92.3 cm³/mol. The summed E-state index contributed by atoms with van der Waals surface area (Å²) in [6, 6.07) is 5.01. The van der Waals surface area contributed by atoms with Gasteiger partial charge in [-0.3, -0.25) is 0 Å². The first kappa shape index (κ1) is 15.6. The molecule has 7 heteroatoms. The van der Waals surface area contributed by atoms with Crippen LogP contribution in [-0.4, -0.2) is 29.1 Å². The quantitative estimate of drug-likeness (QED) is 0.900. The molecule has 6 nitrogen and oxygen atoms in total.